The van der Waals surface area contributed by atoms with Gasteiger partial charge in [-0.3, -0.25) is 4.98 Å². The lowest BCUT2D eigenvalue weighted by atomic mass is 10.2. The highest BCUT2D eigenvalue weighted by atomic mass is 35.5. The fraction of sp³-hybridized carbons (Fsp3) is 0.214. The lowest BCUT2D eigenvalue weighted by Crippen LogP contribution is -2.11. The molecule has 2 rings (SSSR count). The molecule has 0 unspecified atom stereocenters. The van der Waals surface area contributed by atoms with Gasteiger partial charge in [0.25, 0.3) is 0 Å². The summed E-state index contributed by atoms with van der Waals surface area (Å²) >= 11 is 6.19. The van der Waals surface area contributed by atoms with Gasteiger partial charge in [-0.25, -0.2) is 0 Å². The van der Waals surface area contributed by atoms with Gasteiger partial charge in [0.05, 0.1) is 11.2 Å². The van der Waals surface area contributed by atoms with Gasteiger partial charge in [-0.15, -0.1) is 0 Å². The van der Waals surface area contributed by atoms with Crippen LogP contribution in [0.4, 0.5) is 0 Å². The van der Waals surface area contributed by atoms with Gasteiger partial charge in [0.15, 0.2) is 0 Å². The number of nitrogens with zero attached hydrogens (tertiary/aromatic N) is 1. The average molecular weight is 263 g/mol. The largest absolute Gasteiger partial charge is 0.454 e. The minimum atomic E-state index is 0.606. The van der Waals surface area contributed by atoms with Crippen molar-refractivity contribution in [3.8, 4) is 11.5 Å². The fourth-order valence-electron chi connectivity index (χ4n) is 1.54. The van der Waals surface area contributed by atoms with Crippen molar-refractivity contribution in [1.82, 2.24) is 10.3 Å². The van der Waals surface area contributed by atoms with Gasteiger partial charge >= 0.3 is 0 Å². The lowest BCUT2D eigenvalue weighted by Gasteiger charge is -2.09. The van der Waals surface area contributed by atoms with E-state index >= 15 is 0 Å². The van der Waals surface area contributed by atoms with Crippen molar-refractivity contribution in [2.24, 2.45) is 0 Å². The first-order chi connectivity index (χ1) is 8.79. The molecule has 0 fully saturated rings. The Labute approximate surface area is 112 Å². The van der Waals surface area contributed by atoms with E-state index < -0.39 is 0 Å². The van der Waals surface area contributed by atoms with Gasteiger partial charge in [0.2, 0.25) is 0 Å². The molecule has 0 bridgehead atoms. The molecule has 0 aliphatic carbocycles. The number of pyridine rings is 1. The normalized spacial score (nSPS) is 10.3. The van der Waals surface area contributed by atoms with Crippen molar-refractivity contribution in [2.45, 2.75) is 13.5 Å². The van der Waals surface area contributed by atoms with E-state index in [1.165, 1.54) is 0 Å². The first kappa shape index (κ1) is 12.9. The number of benzene rings is 1. The third-order valence-corrected chi connectivity index (χ3v) is 2.73. The van der Waals surface area contributed by atoms with Crippen molar-refractivity contribution in [2.75, 3.05) is 6.54 Å². The molecule has 0 amide bonds. The summed E-state index contributed by atoms with van der Waals surface area (Å²) in [5.41, 5.74) is 1.14. The van der Waals surface area contributed by atoms with Crippen LogP contribution in [0.5, 0.6) is 11.5 Å². The number of rotatable bonds is 5. The van der Waals surface area contributed by atoms with Crippen molar-refractivity contribution in [1.29, 1.82) is 0 Å². The number of nitrogens with one attached hydrogen (secondary N) is 1. The Kier molecular flexibility index (Phi) is 4.56. The van der Waals surface area contributed by atoms with Gasteiger partial charge < -0.3 is 10.1 Å². The quantitative estimate of drug-likeness (QED) is 0.893. The standard InChI is InChI=1S/C14H15ClN2O/c1-2-16-9-11-5-6-14(13(15)8-11)18-12-4-3-7-17-10-12/h3-8,10,16H,2,9H2,1H3. The molecule has 3 nitrogen and oxygen atoms in total. The minimum absolute atomic E-state index is 0.606. The summed E-state index contributed by atoms with van der Waals surface area (Å²) in [5.74, 6) is 1.32. The van der Waals surface area contributed by atoms with Crippen LogP contribution in [0.2, 0.25) is 5.02 Å². The van der Waals surface area contributed by atoms with Crippen LogP contribution in [-0.2, 0) is 6.54 Å². The van der Waals surface area contributed by atoms with E-state index in [0.29, 0.717) is 16.5 Å². The fourth-order valence-corrected chi connectivity index (χ4v) is 1.78. The Morgan fingerprint density at radius 1 is 1.33 bits per heavy atom. The number of ether oxygens (including phenoxy) is 1. The number of halogens is 1. The zero-order valence-electron chi connectivity index (χ0n) is 10.2. The Hall–Kier alpha value is -1.58. The molecule has 1 aromatic heterocycles. The molecule has 1 N–H and O–H groups in total. The molecule has 1 heterocycles. The van der Waals surface area contributed by atoms with Crippen molar-refractivity contribution >= 4 is 11.6 Å². The van der Waals surface area contributed by atoms with Crippen molar-refractivity contribution in [3.63, 3.8) is 0 Å². The van der Waals surface area contributed by atoms with E-state index in [-0.39, 0.29) is 0 Å². The summed E-state index contributed by atoms with van der Waals surface area (Å²) in [6.07, 6.45) is 3.36. The van der Waals surface area contributed by atoms with Gasteiger partial charge in [-0.2, -0.15) is 0 Å². The summed E-state index contributed by atoms with van der Waals surface area (Å²) in [7, 11) is 0. The highest BCUT2D eigenvalue weighted by Gasteiger charge is 2.04. The first-order valence-corrected chi connectivity index (χ1v) is 6.24. The topological polar surface area (TPSA) is 34.1 Å². The molecule has 0 radical (unpaired) electrons. The number of hydrogen-bond acceptors (Lipinski definition) is 3. The molecule has 2 aromatic rings. The summed E-state index contributed by atoms with van der Waals surface area (Å²) in [6, 6.07) is 9.46. The third-order valence-electron chi connectivity index (χ3n) is 2.44. The van der Waals surface area contributed by atoms with Crippen LogP contribution in [0.15, 0.2) is 42.7 Å². The second-order valence-electron chi connectivity index (χ2n) is 3.84. The predicted octanol–water partition coefficient (Wildman–Crippen LogP) is 3.64. The molecule has 18 heavy (non-hydrogen) atoms. The maximum Gasteiger partial charge on any atom is 0.146 e. The summed E-state index contributed by atoms with van der Waals surface area (Å²) in [4.78, 5) is 3.99. The maximum absolute atomic E-state index is 6.19. The monoisotopic (exact) mass is 262 g/mol. The van der Waals surface area contributed by atoms with Gasteiger partial charge in [0, 0.05) is 12.7 Å². The van der Waals surface area contributed by atoms with Crippen LogP contribution >= 0.6 is 11.6 Å². The third kappa shape index (κ3) is 3.45. The Balaban J connectivity index is 2.10. The van der Waals surface area contributed by atoms with Crippen LogP contribution < -0.4 is 10.1 Å². The highest BCUT2D eigenvalue weighted by molar-refractivity contribution is 6.32. The van der Waals surface area contributed by atoms with E-state index in [2.05, 4.69) is 17.2 Å². The SMILES string of the molecule is CCNCc1ccc(Oc2cccnc2)c(Cl)c1. The molecule has 0 saturated heterocycles. The zero-order chi connectivity index (χ0) is 12.8. The maximum atomic E-state index is 6.19. The van der Waals surface area contributed by atoms with E-state index in [4.69, 9.17) is 16.3 Å². The summed E-state index contributed by atoms with van der Waals surface area (Å²) in [6.45, 7) is 3.82. The van der Waals surface area contributed by atoms with Crippen molar-refractivity contribution in [3.05, 3.63) is 53.3 Å². The van der Waals surface area contributed by atoms with Gasteiger partial charge in [-0.1, -0.05) is 24.6 Å². The second-order valence-corrected chi connectivity index (χ2v) is 4.24. The lowest BCUT2D eigenvalue weighted by molar-refractivity contribution is 0.480. The molecule has 4 heteroatoms. The van der Waals surface area contributed by atoms with Crippen molar-refractivity contribution < 1.29 is 4.74 Å². The van der Waals surface area contributed by atoms with Gasteiger partial charge in [0.1, 0.15) is 11.5 Å². The number of aromatic nitrogens is 1. The Morgan fingerprint density at radius 3 is 2.89 bits per heavy atom. The van der Waals surface area contributed by atoms with E-state index in [9.17, 15) is 0 Å². The van der Waals surface area contributed by atoms with Gasteiger partial charge in [-0.05, 0) is 36.4 Å². The van der Waals surface area contributed by atoms with Crippen LogP contribution in [0.25, 0.3) is 0 Å². The van der Waals surface area contributed by atoms with Crippen LogP contribution in [0.3, 0.4) is 0 Å². The Bertz CT molecular complexity index is 502. The molecular formula is C14H15ClN2O. The molecule has 0 spiro atoms. The molecule has 0 aliphatic rings. The minimum Gasteiger partial charge on any atom is -0.454 e. The molecule has 0 atom stereocenters. The molecule has 1 aromatic carbocycles. The van der Waals surface area contributed by atoms with Crippen LogP contribution in [0, 0.1) is 0 Å². The van der Waals surface area contributed by atoms with Crippen LogP contribution in [0.1, 0.15) is 12.5 Å². The second kappa shape index (κ2) is 6.38. The highest BCUT2D eigenvalue weighted by Crippen LogP contribution is 2.29. The van der Waals surface area contributed by atoms with E-state index in [0.717, 1.165) is 18.7 Å². The van der Waals surface area contributed by atoms with E-state index in [1.807, 2.05) is 30.3 Å². The average Bonchev–Trinajstić information content (AvgIpc) is 2.40. The molecule has 0 aliphatic heterocycles. The molecular weight excluding hydrogens is 248 g/mol. The Morgan fingerprint density at radius 2 is 2.22 bits per heavy atom. The predicted molar refractivity (Wildman–Crippen MR) is 73.1 cm³/mol. The number of hydrogen-bond donors (Lipinski definition) is 1. The smallest absolute Gasteiger partial charge is 0.146 e. The van der Waals surface area contributed by atoms with E-state index in [1.54, 1.807) is 12.4 Å². The molecule has 94 valence electrons. The van der Waals surface area contributed by atoms with Crippen LogP contribution in [-0.4, -0.2) is 11.5 Å². The summed E-state index contributed by atoms with van der Waals surface area (Å²) in [5, 5.41) is 3.86. The summed E-state index contributed by atoms with van der Waals surface area (Å²) < 4.78 is 5.65. The zero-order valence-corrected chi connectivity index (χ0v) is 10.9. The first-order valence-electron chi connectivity index (χ1n) is 5.86. The molecule has 0 saturated carbocycles.